The molecule has 5 N–H and O–H groups in total. The Hall–Kier alpha value is -1.30. The Morgan fingerprint density at radius 3 is 2.53 bits per heavy atom. The molecule has 2 unspecified atom stereocenters. The van der Waals surface area contributed by atoms with Gasteiger partial charge in [-0.1, -0.05) is 24.9 Å². The monoisotopic (exact) mass is 269 g/mol. The third-order valence-corrected chi connectivity index (χ3v) is 4.47. The van der Waals surface area contributed by atoms with E-state index in [1.54, 1.807) is 0 Å². The molecule has 0 aromatic heterocycles. The molecule has 2 fully saturated rings. The molecule has 0 aliphatic heterocycles. The van der Waals surface area contributed by atoms with E-state index in [-0.39, 0.29) is 17.8 Å². The number of oxime groups is 1. The van der Waals surface area contributed by atoms with Gasteiger partial charge in [-0.2, -0.15) is 0 Å². The van der Waals surface area contributed by atoms with Crippen molar-refractivity contribution in [1.29, 1.82) is 0 Å². The maximum atomic E-state index is 12.4. The van der Waals surface area contributed by atoms with Crippen LogP contribution in [0.25, 0.3) is 0 Å². The number of amidine groups is 1. The number of rotatable bonds is 3. The molecule has 6 heteroatoms. The quantitative estimate of drug-likeness (QED) is 0.260. The van der Waals surface area contributed by atoms with E-state index in [1.165, 1.54) is 0 Å². The molecule has 2 atom stereocenters. The highest BCUT2D eigenvalue weighted by Gasteiger charge is 2.52. The molecule has 2 saturated carbocycles. The first-order valence-electron chi connectivity index (χ1n) is 6.96. The molecule has 2 rings (SSSR count). The first-order chi connectivity index (χ1) is 8.99. The molecule has 1 amide bonds. The number of aliphatic hydroxyl groups excluding tert-OH is 1. The number of hydrogen-bond donors (Lipinski definition) is 4. The normalized spacial score (nSPS) is 39.5. The van der Waals surface area contributed by atoms with Gasteiger partial charge in [0.15, 0.2) is 5.84 Å². The highest BCUT2D eigenvalue weighted by molar-refractivity contribution is 6.07. The average molecular weight is 269 g/mol. The average Bonchev–Trinajstić information content (AvgIpc) is 2.36. The Labute approximate surface area is 113 Å². The summed E-state index contributed by atoms with van der Waals surface area (Å²) in [4.78, 5) is 12.4. The highest BCUT2D eigenvalue weighted by Crippen LogP contribution is 2.46. The van der Waals surface area contributed by atoms with E-state index < -0.39 is 11.5 Å². The van der Waals surface area contributed by atoms with Crippen LogP contribution in [0.4, 0.5) is 0 Å². The first-order valence-corrected chi connectivity index (χ1v) is 6.96. The predicted molar refractivity (Wildman–Crippen MR) is 70.6 cm³/mol. The second-order valence-corrected chi connectivity index (χ2v) is 6.01. The minimum atomic E-state index is -0.884. The third kappa shape index (κ3) is 2.54. The summed E-state index contributed by atoms with van der Waals surface area (Å²) in [6.07, 6.45) is 4.21. The van der Waals surface area contributed by atoms with Crippen LogP contribution in [0.3, 0.4) is 0 Å². The van der Waals surface area contributed by atoms with E-state index in [1.807, 2.05) is 6.92 Å². The fourth-order valence-electron chi connectivity index (χ4n) is 3.32. The highest BCUT2D eigenvalue weighted by atomic mass is 16.4. The van der Waals surface area contributed by atoms with E-state index in [9.17, 15) is 9.90 Å². The zero-order valence-corrected chi connectivity index (χ0v) is 11.3. The van der Waals surface area contributed by atoms with Gasteiger partial charge in [0, 0.05) is 0 Å². The second-order valence-electron chi connectivity index (χ2n) is 6.01. The molecule has 108 valence electrons. The van der Waals surface area contributed by atoms with Crippen molar-refractivity contribution in [2.24, 2.45) is 22.2 Å². The third-order valence-electron chi connectivity index (χ3n) is 4.47. The molecule has 2 aliphatic rings. The molecule has 0 aromatic rings. The van der Waals surface area contributed by atoms with Crippen molar-refractivity contribution in [3.05, 3.63) is 0 Å². The van der Waals surface area contributed by atoms with Crippen molar-refractivity contribution in [1.82, 2.24) is 5.32 Å². The van der Waals surface area contributed by atoms with Crippen molar-refractivity contribution in [3.63, 3.8) is 0 Å². The molecule has 0 spiro atoms. The lowest BCUT2D eigenvalue weighted by Crippen LogP contribution is -2.60. The van der Waals surface area contributed by atoms with Gasteiger partial charge in [-0.25, -0.2) is 0 Å². The van der Waals surface area contributed by atoms with Crippen LogP contribution in [-0.4, -0.2) is 34.2 Å². The Morgan fingerprint density at radius 2 is 2.00 bits per heavy atom. The van der Waals surface area contributed by atoms with Gasteiger partial charge in [-0.15, -0.1) is 0 Å². The minimum absolute atomic E-state index is 0.0200. The van der Waals surface area contributed by atoms with Gasteiger partial charge in [-0.05, 0) is 31.6 Å². The van der Waals surface area contributed by atoms with E-state index in [2.05, 4.69) is 10.5 Å². The second kappa shape index (κ2) is 5.36. The summed E-state index contributed by atoms with van der Waals surface area (Å²) in [5.74, 6) is 0.155. The summed E-state index contributed by atoms with van der Waals surface area (Å²) >= 11 is 0. The number of carbonyl (C=O) groups is 1. The summed E-state index contributed by atoms with van der Waals surface area (Å²) in [6.45, 7) is 2.03. The molecule has 2 aliphatic carbocycles. The van der Waals surface area contributed by atoms with Crippen molar-refractivity contribution >= 4 is 11.7 Å². The zero-order chi connectivity index (χ0) is 14.0. The van der Waals surface area contributed by atoms with Gasteiger partial charge in [-0.3, -0.25) is 4.79 Å². The van der Waals surface area contributed by atoms with Crippen LogP contribution in [0.2, 0.25) is 0 Å². The zero-order valence-electron chi connectivity index (χ0n) is 11.3. The van der Waals surface area contributed by atoms with Crippen LogP contribution in [0, 0.1) is 11.3 Å². The van der Waals surface area contributed by atoms with Gasteiger partial charge in [0.2, 0.25) is 5.91 Å². The molecular formula is C13H23N3O3. The molecule has 0 saturated heterocycles. The molecule has 19 heavy (non-hydrogen) atoms. The Kier molecular flexibility index (Phi) is 3.99. The summed E-state index contributed by atoms with van der Waals surface area (Å²) in [5.41, 5.74) is 4.81. The SMILES string of the molecule is CC1CC(C(=O)NC2CCCCC2O)(C(N)=NO)C1. The van der Waals surface area contributed by atoms with Gasteiger partial charge in [0.1, 0.15) is 5.41 Å². The summed E-state index contributed by atoms with van der Waals surface area (Å²) in [6, 6.07) is -0.208. The number of nitrogens with two attached hydrogens (primary N) is 1. The Bertz CT molecular complexity index is 377. The molecular weight excluding hydrogens is 246 g/mol. The van der Waals surface area contributed by atoms with Gasteiger partial charge in [0.05, 0.1) is 12.1 Å². The predicted octanol–water partition coefficient (Wildman–Crippen LogP) is 0.569. The number of aliphatic hydroxyl groups is 1. The van der Waals surface area contributed by atoms with Crippen molar-refractivity contribution < 1.29 is 15.1 Å². The minimum Gasteiger partial charge on any atom is -0.409 e. The smallest absolute Gasteiger partial charge is 0.234 e. The lowest BCUT2D eigenvalue weighted by Gasteiger charge is -2.45. The van der Waals surface area contributed by atoms with E-state index in [4.69, 9.17) is 10.9 Å². The van der Waals surface area contributed by atoms with Crippen molar-refractivity contribution in [2.45, 2.75) is 57.6 Å². The largest absolute Gasteiger partial charge is 0.409 e. The van der Waals surface area contributed by atoms with Crippen LogP contribution in [-0.2, 0) is 4.79 Å². The molecule has 0 aromatic carbocycles. The van der Waals surface area contributed by atoms with E-state index in [0.29, 0.717) is 18.8 Å². The lowest BCUT2D eigenvalue weighted by molar-refractivity contribution is -0.135. The Morgan fingerprint density at radius 1 is 1.37 bits per heavy atom. The van der Waals surface area contributed by atoms with Crippen LogP contribution >= 0.6 is 0 Å². The molecule has 0 radical (unpaired) electrons. The maximum absolute atomic E-state index is 12.4. The van der Waals surface area contributed by atoms with Crippen molar-refractivity contribution in [3.8, 4) is 0 Å². The number of nitrogens with one attached hydrogen (secondary N) is 1. The van der Waals surface area contributed by atoms with E-state index in [0.717, 1.165) is 25.7 Å². The summed E-state index contributed by atoms with van der Waals surface area (Å²) in [5, 5.41) is 24.7. The van der Waals surface area contributed by atoms with Crippen LogP contribution in [0.1, 0.15) is 45.4 Å². The molecule has 0 bridgehead atoms. The van der Waals surface area contributed by atoms with E-state index >= 15 is 0 Å². The standard InChI is InChI=1S/C13H23N3O3/c1-8-6-13(7-8,11(14)16-19)12(18)15-9-4-2-3-5-10(9)17/h8-10,17,19H,2-7H2,1H3,(H2,14,16)(H,15,18). The first kappa shape index (κ1) is 14.1. The Balaban J connectivity index is 2.05. The topological polar surface area (TPSA) is 108 Å². The number of hydrogen-bond acceptors (Lipinski definition) is 4. The summed E-state index contributed by atoms with van der Waals surface area (Å²) in [7, 11) is 0. The maximum Gasteiger partial charge on any atom is 0.234 e. The molecule has 0 heterocycles. The van der Waals surface area contributed by atoms with Gasteiger partial charge < -0.3 is 21.4 Å². The van der Waals surface area contributed by atoms with Crippen LogP contribution in [0.5, 0.6) is 0 Å². The fourth-order valence-corrected chi connectivity index (χ4v) is 3.32. The number of amides is 1. The number of carbonyl (C=O) groups excluding carboxylic acids is 1. The van der Waals surface area contributed by atoms with Gasteiger partial charge in [0.25, 0.3) is 0 Å². The van der Waals surface area contributed by atoms with Crippen molar-refractivity contribution in [2.75, 3.05) is 0 Å². The van der Waals surface area contributed by atoms with Crippen LogP contribution in [0.15, 0.2) is 5.16 Å². The fraction of sp³-hybridized carbons (Fsp3) is 0.846. The van der Waals surface area contributed by atoms with Crippen LogP contribution < -0.4 is 11.1 Å². The summed E-state index contributed by atoms with van der Waals surface area (Å²) < 4.78 is 0. The van der Waals surface area contributed by atoms with Gasteiger partial charge >= 0.3 is 0 Å². The number of nitrogens with zero attached hydrogens (tertiary/aromatic N) is 1. The molecule has 6 nitrogen and oxygen atoms in total. The lowest BCUT2D eigenvalue weighted by atomic mass is 9.61.